The molecule has 546 valence electrons. The van der Waals surface area contributed by atoms with Gasteiger partial charge in [0.2, 0.25) is 33.1 Å². The van der Waals surface area contributed by atoms with Crippen molar-refractivity contribution in [2.75, 3.05) is 7.11 Å². The maximum absolute atomic E-state index is 12.5. The third-order valence-electron chi connectivity index (χ3n) is 21.5. The van der Waals surface area contributed by atoms with E-state index in [9.17, 15) is 28.8 Å². The van der Waals surface area contributed by atoms with Gasteiger partial charge in [-0.25, -0.2) is 0 Å². The van der Waals surface area contributed by atoms with E-state index in [0.717, 1.165) is 158 Å². The van der Waals surface area contributed by atoms with Crippen molar-refractivity contribution in [3.63, 3.8) is 0 Å². The van der Waals surface area contributed by atoms with Crippen LogP contribution in [-0.2, 0) is 0 Å². The number of hydrogen-bond acceptors (Lipinski definition) is 13. The molecular formula is C92H65ClN6O13Si+6. The number of rotatable bonds is 2. The molecule has 12 aromatic carbocycles. The number of methoxy groups -OCH3 is 1. The molecule has 0 saturated carbocycles. The number of ether oxygens (including phenoxy) is 1. The molecule has 0 aliphatic rings. The van der Waals surface area contributed by atoms with Gasteiger partial charge >= 0.3 is 40.4 Å². The molecule has 12 heterocycles. The zero-order chi connectivity index (χ0) is 77.7. The molecule has 0 N–H and O–H groups in total. The van der Waals surface area contributed by atoms with Gasteiger partial charge in [-0.1, -0.05) is 151 Å². The Kier molecular flexibility index (Phi) is 16.1. The van der Waals surface area contributed by atoms with Crippen LogP contribution in [0, 0.1) is 27.7 Å². The molecule has 21 heteroatoms. The third-order valence-corrected chi connectivity index (χ3v) is 23.7. The van der Waals surface area contributed by atoms with Gasteiger partial charge in [0.1, 0.15) is 0 Å². The van der Waals surface area contributed by atoms with Crippen LogP contribution in [0.4, 0.5) is 0 Å². The summed E-state index contributed by atoms with van der Waals surface area (Å²) >= 11 is 6.09. The summed E-state index contributed by atoms with van der Waals surface area (Å²) in [4.78, 5) is 72.9. The minimum absolute atomic E-state index is 0.288. The molecule has 113 heavy (non-hydrogen) atoms. The summed E-state index contributed by atoms with van der Waals surface area (Å²) in [6.07, 6.45) is 3.49. The summed E-state index contributed by atoms with van der Waals surface area (Å²) < 4.78 is 47.4. The number of halogens is 1. The fourth-order valence-electron chi connectivity index (χ4n) is 16.2. The molecule has 24 aromatic rings. The van der Waals surface area contributed by atoms with E-state index in [4.69, 9.17) is 42.8 Å². The highest BCUT2D eigenvalue weighted by Crippen LogP contribution is 2.35. The van der Waals surface area contributed by atoms with Crippen LogP contribution in [0.2, 0.25) is 24.8 Å². The monoisotopic (exact) mass is 1520 g/mol. The van der Waals surface area contributed by atoms with Crippen molar-refractivity contribution in [2.45, 2.75) is 47.3 Å². The van der Waals surface area contributed by atoms with E-state index in [1.165, 1.54) is 8.80 Å². The van der Waals surface area contributed by atoms with Gasteiger partial charge < -0.3 is 31.2 Å². The highest BCUT2D eigenvalue weighted by molar-refractivity contribution is 6.87. The second-order valence-corrected chi connectivity index (χ2v) is 34.7. The van der Waals surface area contributed by atoms with Crippen molar-refractivity contribution < 1.29 is 57.6 Å². The fraction of sp³-hybridized carbons (Fsp3) is 0.0870. The predicted octanol–water partition coefficient (Wildman–Crippen LogP) is 15.2. The molecule has 0 saturated heterocycles. The summed E-state index contributed by atoms with van der Waals surface area (Å²) in [5, 5.41) is 20.1. The van der Waals surface area contributed by atoms with E-state index < -0.39 is 19.6 Å². The van der Waals surface area contributed by atoms with Crippen molar-refractivity contribution in [3.05, 3.63) is 340 Å². The fourth-order valence-corrected chi connectivity index (χ4v) is 17.9. The van der Waals surface area contributed by atoms with Gasteiger partial charge in [-0.15, -0.1) is 0 Å². The van der Waals surface area contributed by atoms with E-state index in [0.29, 0.717) is 44.5 Å². The van der Waals surface area contributed by atoms with Crippen molar-refractivity contribution in [1.29, 1.82) is 0 Å². The van der Waals surface area contributed by atoms with Crippen molar-refractivity contribution in [2.24, 2.45) is 0 Å². The summed E-state index contributed by atoms with van der Waals surface area (Å²) in [6, 6.07) is 77.0. The molecule has 19 nitrogen and oxygen atoms in total. The lowest BCUT2D eigenvalue weighted by molar-refractivity contribution is -0.550. The lowest BCUT2D eigenvalue weighted by atomic mass is 10.0. The van der Waals surface area contributed by atoms with Gasteiger partial charge in [0, 0.05) is 69.6 Å². The van der Waals surface area contributed by atoms with E-state index in [-0.39, 0.29) is 23.0 Å². The average molecular weight is 1530 g/mol. The topological polar surface area (TPSA) is 215 Å². The zero-order valence-electron chi connectivity index (χ0n) is 62.0. The Balaban J connectivity index is 0.0000000912. The first-order valence-electron chi connectivity index (χ1n) is 36.6. The minimum Gasteiger partial charge on any atom is -0.447 e. The van der Waals surface area contributed by atoms with E-state index in [1.54, 1.807) is 55.3 Å². The highest BCUT2D eigenvalue weighted by Gasteiger charge is 2.33. The van der Waals surface area contributed by atoms with Gasteiger partial charge in [-0.05, 0) is 177 Å². The van der Waals surface area contributed by atoms with Crippen molar-refractivity contribution in [3.8, 4) is 5.88 Å². The van der Waals surface area contributed by atoms with Crippen molar-refractivity contribution in [1.82, 2.24) is 0 Å². The number of pyridine rings is 6. The van der Waals surface area contributed by atoms with Crippen LogP contribution in [0.1, 0.15) is 22.4 Å². The van der Waals surface area contributed by atoms with Gasteiger partial charge in [0.05, 0.1) is 45.5 Å². The molecule has 0 radical (unpaired) electrons. The lowest BCUT2D eigenvalue weighted by Crippen LogP contribution is -2.62. The number of aryl methyl sites for hydroxylation is 4. The van der Waals surface area contributed by atoms with Crippen LogP contribution in [0.5, 0.6) is 5.88 Å². The molecule has 0 aliphatic carbocycles. The SMILES string of the molecule is COc1ccc2ccc3cccc4oc(=O)[n+]1c2c34.C[Si](C)(C)c1ccc2ccc3cccc4oc(=O)[n+]1c2c34.Cc1ccc2ccc3ccc(C)[n+]4c(=O)oc1c2c34.Cc1ccc2ccc3ccc[n+]4c(=O)oc1c2c34.Cc1ccc2ccc3ccc[n+]4c(=O)oc1c2c34.O=c1oc2cccc3ccc4ccc(Cl)[n+]1c4c32. The van der Waals surface area contributed by atoms with Crippen LogP contribution in [0.15, 0.2) is 304 Å². The summed E-state index contributed by atoms with van der Waals surface area (Å²) in [5.74, 6) is -1.71. The number of aromatic nitrogens is 6. The molecule has 0 unspecified atom stereocenters. The first kappa shape index (κ1) is 69.3. The van der Waals surface area contributed by atoms with E-state index in [2.05, 4.69) is 86.4 Å². The first-order chi connectivity index (χ1) is 54.7. The van der Waals surface area contributed by atoms with Crippen molar-refractivity contribution >= 4 is 189 Å². The van der Waals surface area contributed by atoms with Crippen LogP contribution in [0.25, 0.3) is 164 Å². The number of hydrogen-bond donors (Lipinski definition) is 0. The quantitative estimate of drug-likeness (QED) is 0.0682. The molecule has 0 spiro atoms. The minimum atomic E-state index is -1.65. The Morgan fingerprint density at radius 1 is 0.292 bits per heavy atom. The van der Waals surface area contributed by atoms with Gasteiger partial charge in [-0.3, -0.25) is 0 Å². The molecule has 0 fully saturated rings. The molecular weight excluding hydrogens is 1460 g/mol. The standard InChI is InChI=1S/C17H16NO2Si.C16H12NO2.C15H10NO3.2C15H10NO2.C14H7ClNO2/c1-21(2,3)14-10-9-12-8-7-11-5-4-6-13-15(11)16(12)18(14)17(19)20-13;1-9-3-5-11-7-8-12-6-4-10(2)17-14(12)13(11)15(9)19-16(17)18;1-18-12-8-7-10-6-5-9-3-2-4-11-13(9)14(10)16(12)15(17)19-11;2*1-9-4-5-10-6-7-11-3-2-8-16-13(11)12(10)14(9)18-15(16)17;15-11-7-6-9-5-4-8-2-1-3-10-12(8)13(9)16(11)14(17)18-10/h4-10H,1-3H3;3-8H,1-2H3;2-8H,1H3;2*2-8H,1H3;1-7H/q6*+1. The molecule has 24 rings (SSSR count). The third kappa shape index (κ3) is 11.1. The molecule has 0 atom stereocenters. The second kappa shape index (κ2) is 26.3. The van der Waals surface area contributed by atoms with Crippen LogP contribution < -0.4 is 71.0 Å². The Hall–Kier alpha value is -14.2. The highest BCUT2D eigenvalue weighted by atomic mass is 35.5. The van der Waals surface area contributed by atoms with Crippen LogP contribution >= 0.6 is 11.6 Å². The summed E-state index contributed by atoms with van der Waals surface area (Å²) in [5.41, 5.74) is 13.2. The molecule has 0 bridgehead atoms. The summed E-state index contributed by atoms with van der Waals surface area (Å²) in [6.45, 7) is 14.5. The van der Waals surface area contributed by atoms with Gasteiger partial charge in [-0.2, -0.15) is 28.8 Å². The maximum atomic E-state index is 12.5. The largest absolute Gasteiger partial charge is 0.611 e. The second-order valence-electron chi connectivity index (χ2n) is 29.3. The van der Waals surface area contributed by atoms with Gasteiger partial charge in [0.15, 0.2) is 65.0 Å². The smallest absolute Gasteiger partial charge is 0.447 e. The normalized spacial score (nSPS) is 12.0. The lowest BCUT2D eigenvalue weighted by Gasteiger charge is -2.13. The first-order valence-corrected chi connectivity index (χ1v) is 40.4. The van der Waals surface area contributed by atoms with Gasteiger partial charge in [0.25, 0.3) is 5.15 Å². The Morgan fingerprint density at radius 2 is 0.602 bits per heavy atom. The zero-order valence-corrected chi connectivity index (χ0v) is 63.8. The van der Waals surface area contributed by atoms with Crippen LogP contribution in [0.3, 0.4) is 0 Å². The van der Waals surface area contributed by atoms with E-state index in [1.807, 2.05) is 179 Å². The Bertz CT molecular complexity index is 8260. The van der Waals surface area contributed by atoms with Crippen LogP contribution in [-0.4, -0.2) is 15.2 Å². The Morgan fingerprint density at radius 3 is 1.04 bits per heavy atom. The molecule has 0 aliphatic heterocycles. The Labute approximate surface area is 642 Å². The molecule has 12 aromatic heterocycles. The predicted molar refractivity (Wildman–Crippen MR) is 440 cm³/mol. The van der Waals surface area contributed by atoms with E-state index >= 15 is 0 Å². The number of nitrogens with zero attached hydrogens (tertiary/aromatic N) is 6. The maximum Gasteiger partial charge on any atom is 0.611 e. The number of benzene rings is 12. The summed E-state index contributed by atoms with van der Waals surface area (Å²) in [7, 11) is -0.114. The average Bonchev–Trinajstić information content (AvgIpc) is 0.808. The molecule has 0 amide bonds.